The molecule has 2 aliphatic rings. The van der Waals surface area contributed by atoms with E-state index in [1.54, 1.807) is 50.4 Å². The van der Waals surface area contributed by atoms with Crippen LogP contribution in [0, 0.1) is 0 Å². The lowest BCUT2D eigenvalue weighted by Gasteiger charge is -2.37. The zero-order valence-electron chi connectivity index (χ0n) is 17.0. The molecule has 6 nitrogen and oxygen atoms in total. The number of amides is 1. The number of halogens is 2. The molecule has 0 bridgehead atoms. The molecule has 30 heavy (non-hydrogen) atoms. The Morgan fingerprint density at radius 3 is 2.40 bits per heavy atom. The van der Waals surface area contributed by atoms with Gasteiger partial charge in [0.25, 0.3) is 5.91 Å². The van der Waals surface area contributed by atoms with Crippen LogP contribution in [-0.2, 0) is 14.6 Å². The van der Waals surface area contributed by atoms with Crippen molar-refractivity contribution in [3.63, 3.8) is 0 Å². The molecule has 2 heterocycles. The van der Waals surface area contributed by atoms with Crippen LogP contribution in [-0.4, -0.2) is 61.4 Å². The van der Waals surface area contributed by atoms with Crippen molar-refractivity contribution in [2.24, 2.45) is 0 Å². The first-order chi connectivity index (χ1) is 14.2. The van der Waals surface area contributed by atoms with Gasteiger partial charge < -0.3 is 4.90 Å². The minimum atomic E-state index is -3.14. The summed E-state index contributed by atoms with van der Waals surface area (Å²) in [6.45, 7) is 5.71. The zero-order valence-corrected chi connectivity index (χ0v) is 19.3. The highest BCUT2D eigenvalue weighted by Gasteiger charge is 2.28. The van der Waals surface area contributed by atoms with Crippen molar-refractivity contribution in [3.8, 4) is 0 Å². The SMILES string of the molecule is CC(C)S(=O)(=O)CN1CCN(C2=C(/Cl)C(=O)N(c3cccc(Cl)c3)\C=C/C=C/2)CC1. The Hall–Kier alpha value is -1.80. The molecule has 1 saturated heterocycles. The minimum Gasteiger partial charge on any atom is -0.368 e. The second kappa shape index (κ2) is 9.56. The molecular formula is C21H25Cl2N3O3S. The summed E-state index contributed by atoms with van der Waals surface area (Å²) in [6.07, 6.45) is 7.07. The quantitative estimate of drug-likeness (QED) is 0.658. The summed E-state index contributed by atoms with van der Waals surface area (Å²) in [4.78, 5) is 18.5. The molecule has 0 radical (unpaired) electrons. The van der Waals surface area contributed by atoms with E-state index >= 15 is 0 Å². The largest absolute Gasteiger partial charge is 0.368 e. The van der Waals surface area contributed by atoms with Gasteiger partial charge >= 0.3 is 0 Å². The summed E-state index contributed by atoms with van der Waals surface area (Å²) in [7, 11) is -3.14. The lowest BCUT2D eigenvalue weighted by atomic mass is 10.2. The normalized spacial score (nSPS) is 23.4. The van der Waals surface area contributed by atoms with Gasteiger partial charge in [0.1, 0.15) is 10.9 Å². The maximum atomic E-state index is 13.1. The first-order valence-electron chi connectivity index (χ1n) is 9.71. The summed E-state index contributed by atoms with van der Waals surface area (Å²) < 4.78 is 24.4. The predicted molar refractivity (Wildman–Crippen MR) is 122 cm³/mol. The fourth-order valence-corrected chi connectivity index (χ4v) is 4.76. The van der Waals surface area contributed by atoms with Crippen LogP contribution in [0.5, 0.6) is 0 Å². The third kappa shape index (κ3) is 5.27. The molecule has 1 aromatic rings. The van der Waals surface area contributed by atoms with Crippen LogP contribution in [0.2, 0.25) is 5.02 Å². The summed E-state index contributed by atoms with van der Waals surface area (Å²) in [5.74, 6) is -0.301. The van der Waals surface area contributed by atoms with Gasteiger partial charge in [0.05, 0.1) is 16.6 Å². The fraction of sp³-hybridized carbons (Fsp3) is 0.381. The van der Waals surface area contributed by atoms with Gasteiger partial charge in [-0.15, -0.1) is 0 Å². The third-order valence-electron chi connectivity index (χ3n) is 5.11. The number of hydrogen-bond acceptors (Lipinski definition) is 5. The Morgan fingerprint density at radius 1 is 1.07 bits per heavy atom. The van der Waals surface area contributed by atoms with E-state index < -0.39 is 15.1 Å². The van der Waals surface area contributed by atoms with Crippen LogP contribution in [0.15, 0.2) is 59.4 Å². The Morgan fingerprint density at radius 2 is 1.77 bits per heavy atom. The first kappa shape index (κ1) is 22.9. The highest BCUT2D eigenvalue weighted by molar-refractivity contribution is 7.91. The smallest absolute Gasteiger partial charge is 0.275 e. The standard InChI is InChI=1S/C21H25Cl2N3O3S/c1-16(2)30(28,29)15-24-10-12-25(13-11-24)19-8-3-4-9-26(21(27)20(19)23)18-7-5-6-17(22)14-18/h3-9,14,16H,10-13,15H2,1-2H3/b8-3+,9-4-,20-19-. The van der Waals surface area contributed by atoms with E-state index in [1.807, 2.05) is 22.0 Å². The first-order valence-corrected chi connectivity index (χ1v) is 12.2. The predicted octanol–water partition coefficient (Wildman–Crippen LogP) is 3.61. The topological polar surface area (TPSA) is 60.9 Å². The lowest BCUT2D eigenvalue weighted by Crippen LogP contribution is -2.48. The number of sulfone groups is 1. The number of allylic oxidation sites excluding steroid dienone is 3. The number of benzene rings is 1. The van der Waals surface area contributed by atoms with Crippen LogP contribution in [0.1, 0.15) is 13.8 Å². The maximum absolute atomic E-state index is 13.1. The Kier molecular flexibility index (Phi) is 7.29. The van der Waals surface area contributed by atoms with Crippen LogP contribution < -0.4 is 4.90 Å². The lowest BCUT2D eigenvalue weighted by molar-refractivity contribution is -0.114. The monoisotopic (exact) mass is 469 g/mol. The molecule has 0 unspecified atom stereocenters. The van der Waals surface area contributed by atoms with Crippen molar-refractivity contribution >= 4 is 44.6 Å². The molecular weight excluding hydrogens is 445 g/mol. The van der Waals surface area contributed by atoms with Crippen LogP contribution >= 0.6 is 23.2 Å². The Bertz CT molecular complexity index is 995. The maximum Gasteiger partial charge on any atom is 0.275 e. The number of piperazine rings is 1. The molecule has 162 valence electrons. The van der Waals surface area contributed by atoms with E-state index in [0.29, 0.717) is 42.6 Å². The molecule has 3 rings (SSSR count). The van der Waals surface area contributed by atoms with E-state index in [0.717, 1.165) is 0 Å². The van der Waals surface area contributed by atoms with Crippen molar-refractivity contribution in [2.75, 3.05) is 37.0 Å². The van der Waals surface area contributed by atoms with Gasteiger partial charge in [-0.3, -0.25) is 14.6 Å². The number of rotatable bonds is 5. The van der Waals surface area contributed by atoms with Crippen LogP contribution in [0.25, 0.3) is 0 Å². The van der Waals surface area contributed by atoms with Gasteiger partial charge in [0, 0.05) is 37.4 Å². The molecule has 0 N–H and O–H groups in total. The minimum absolute atomic E-state index is 0.0470. The van der Waals surface area contributed by atoms with Crippen LogP contribution in [0.3, 0.4) is 0 Å². The van der Waals surface area contributed by atoms with Gasteiger partial charge in [0.15, 0.2) is 9.84 Å². The second-order valence-corrected chi connectivity index (χ2v) is 10.8. The van der Waals surface area contributed by atoms with Gasteiger partial charge in [-0.25, -0.2) is 8.42 Å². The number of hydrogen-bond donors (Lipinski definition) is 0. The van der Waals surface area contributed by atoms with Crippen molar-refractivity contribution in [1.29, 1.82) is 0 Å². The number of anilines is 1. The molecule has 1 amide bonds. The number of carbonyl (C=O) groups is 1. The molecule has 0 spiro atoms. The molecule has 1 aromatic carbocycles. The molecule has 0 saturated carbocycles. The summed E-state index contributed by atoms with van der Waals surface area (Å²) in [5, 5.41) is 0.237. The highest BCUT2D eigenvalue weighted by Crippen LogP contribution is 2.27. The molecule has 1 fully saturated rings. The number of nitrogens with zero attached hydrogens (tertiary/aromatic N) is 3. The fourth-order valence-electron chi connectivity index (χ4n) is 3.23. The average molecular weight is 470 g/mol. The molecule has 0 atom stereocenters. The van der Waals surface area contributed by atoms with Gasteiger partial charge in [-0.2, -0.15) is 0 Å². The van der Waals surface area contributed by atoms with E-state index in [-0.39, 0.29) is 16.8 Å². The second-order valence-electron chi connectivity index (χ2n) is 7.50. The molecule has 9 heteroatoms. The summed E-state index contributed by atoms with van der Waals surface area (Å²) in [5.41, 5.74) is 1.25. The average Bonchev–Trinajstić information content (AvgIpc) is 2.69. The summed E-state index contributed by atoms with van der Waals surface area (Å²) >= 11 is 12.6. The van der Waals surface area contributed by atoms with E-state index in [9.17, 15) is 13.2 Å². The molecule has 0 aromatic heterocycles. The van der Waals surface area contributed by atoms with E-state index in [1.165, 1.54) is 4.90 Å². The Balaban J connectivity index is 1.77. The summed E-state index contributed by atoms with van der Waals surface area (Å²) in [6, 6.07) is 7.01. The Labute approximate surface area is 187 Å². The van der Waals surface area contributed by atoms with Crippen LogP contribution in [0.4, 0.5) is 5.69 Å². The van der Waals surface area contributed by atoms with E-state index in [2.05, 4.69) is 0 Å². The third-order valence-corrected chi connectivity index (χ3v) is 7.86. The molecule has 0 aliphatic carbocycles. The van der Waals surface area contributed by atoms with Gasteiger partial charge in [-0.1, -0.05) is 35.3 Å². The van der Waals surface area contributed by atoms with Crippen molar-refractivity contribution < 1.29 is 13.2 Å². The highest BCUT2D eigenvalue weighted by atomic mass is 35.5. The van der Waals surface area contributed by atoms with E-state index in [4.69, 9.17) is 23.2 Å². The van der Waals surface area contributed by atoms with Crippen molar-refractivity contribution in [3.05, 3.63) is 64.4 Å². The molecule has 2 aliphatic heterocycles. The van der Waals surface area contributed by atoms with Crippen molar-refractivity contribution in [2.45, 2.75) is 19.1 Å². The van der Waals surface area contributed by atoms with Gasteiger partial charge in [-0.05, 0) is 44.2 Å². The van der Waals surface area contributed by atoms with Gasteiger partial charge in [0.2, 0.25) is 0 Å². The number of carbonyl (C=O) groups excluding carboxylic acids is 1. The zero-order chi connectivity index (χ0) is 21.9. The van der Waals surface area contributed by atoms with Crippen molar-refractivity contribution in [1.82, 2.24) is 9.80 Å².